The molecule has 0 amide bonds. The third-order valence-corrected chi connectivity index (χ3v) is 6.16. The number of nitrogens with zero attached hydrogens (tertiary/aromatic N) is 3. The van der Waals surface area contributed by atoms with Crippen LogP contribution in [0.2, 0.25) is 10.0 Å². The number of esters is 1. The molecule has 1 aromatic heterocycles. The van der Waals surface area contributed by atoms with Gasteiger partial charge in [-0.15, -0.1) is 0 Å². The van der Waals surface area contributed by atoms with Crippen LogP contribution in [0, 0.1) is 0 Å². The Labute approximate surface area is 202 Å². The summed E-state index contributed by atoms with van der Waals surface area (Å²) in [5.41, 5.74) is 2.79. The second kappa shape index (κ2) is 11.0. The molecule has 1 fully saturated rings. The highest BCUT2D eigenvalue weighted by Gasteiger charge is 2.22. The molecule has 0 atom stereocenters. The lowest BCUT2D eigenvalue weighted by Crippen LogP contribution is -2.38. The molecule has 4 rings (SSSR count). The van der Waals surface area contributed by atoms with Gasteiger partial charge in [-0.3, -0.25) is 4.90 Å². The summed E-state index contributed by atoms with van der Waals surface area (Å²) in [5, 5.41) is 5.40. The van der Waals surface area contributed by atoms with E-state index in [1.165, 1.54) is 6.20 Å². The summed E-state index contributed by atoms with van der Waals surface area (Å²) in [6.07, 6.45) is 1.48. The number of hydrogen-bond acceptors (Lipinski definition) is 6. The van der Waals surface area contributed by atoms with Gasteiger partial charge in [0.25, 0.3) is 0 Å². The van der Waals surface area contributed by atoms with E-state index in [9.17, 15) is 4.79 Å². The minimum atomic E-state index is -0.465. The monoisotopic (exact) mass is 489 g/mol. The second-order valence-corrected chi connectivity index (χ2v) is 8.23. The van der Waals surface area contributed by atoms with Crippen molar-refractivity contribution < 1.29 is 19.0 Å². The fourth-order valence-electron chi connectivity index (χ4n) is 3.61. The number of ether oxygens (including phenoxy) is 3. The van der Waals surface area contributed by atoms with Gasteiger partial charge in [0.2, 0.25) is 5.88 Å². The Bertz CT molecular complexity index is 1100. The average Bonchev–Trinajstić information content (AvgIpc) is 3.26. The predicted molar refractivity (Wildman–Crippen MR) is 128 cm³/mol. The van der Waals surface area contributed by atoms with E-state index in [2.05, 4.69) is 10.00 Å². The molecule has 1 aliphatic heterocycles. The van der Waals surface area contributed by atoms with Gasteiger partial charge in [0, 0.05) is 25.2 Å². The Morgan fingerprint density at radius 1 is 1.12 bits per heavy atom. The van der Waals surface area contributed by atoms with Crippen molar-refractivity contribution in [3.63, 3.8) is 0 Å². The van der Waals surface area contributed by atoms with Crippen LogP contribution in [0.5, 0.6) is 5.88 Å². The highest BCUT2D eigenvalue weighted by molar-refractivity contribution is 6.43. The zero-order valence-corrected chi connectivity index (χ0v) is 19.8. The van der Waals surface area contributed by atoms with E-state index in [1.807, 2.05) is 36.4 Å². The van der Waals surface area contributed by atoms with Crippen molar-refractivity contribution in [2.24, 2.45) is 0 Å². The topological polar surface area (TPSA) is 65.8 Å². The van der Waals surface area contributed by atoms with E-state index in [0.717, 1.165) is 49.7 Å². The minimum Gasteiger partial charge on any atom is -0.476 e. The molecule has 174 valence electrons. The second-order valence-electron chi connectivity index (χ2n) is 7.45. The van der Waals surface area contributed by atoms with Gasteiger partial charge in [0.1, 0.15) is 12.2 Å². The number of hydrogen-bond donors (Lipinski definition) is 0. The highest BCUT2D eigenvalue weighted by atomic mass is 35.5. The molecule has 1 aliphatic rings. The molecule has 9 heteroatoms. The third-order valence-electron chi connectivity index (χ3n) is 5.34. The van der Waals surface area contributed by atoms with Crippen LogP contribution in [0.4, 0.5) is 0 Å². The fraction of sp³-hybridized carbons (Fsp3) is 0.333. The first-order valence-corrected chi connectivity index (χ1v) is 11.6. The van der Waals surface area contributed by atoms with Gasteiger partial charge in [-0.25, -0.2) is 9.48 Å². The molecule has 7 nitrogen and oxygen atoms in total. The Morgan fingerprint density at radius 2 is 1.88 bits per heavy atom. The molecule has 0 unspecified atom stereocenters. The fourth-order valence-corrected chi connectivity index (χ4v) is 4.02. The predicted octanol–water partition coefficient (Wildman–Crippen LogP) is 4.73. The van der Waals surface area contributed by atoms with Crippen molar-refractivity contribution in [3.8, 4) is 22.7 Å². The third kappa shape index (κ3) is 5.50. The molecule has 0 N–H and O–H groups in total. The number of halogens is 2. The summed E-state index contributed by atoms with van der Waals surface area (Å²) >= 11 is 12.5. The highest BCUT2D eigenvalue weighted by Crippen LogP contribution is 2.34. The van der Waals surface area contributed by atoms with Crippen LogP contribution in [-0.4, -0.2) is 66.7 Å². The van der Waals surface area contributed by atoms with Gasteiger partial charge < -0.3 is 14.2 Å². The van der Waals surface area contributed by atoms with Gasteiger partial charge in [-0.1, -0.05) is 47.5 Å². The molecule has 0 radical (unpaired) electrons. The van der Waals surface area contributed by atoms with E-state index in [4.69, 9.17) is 37.4 Å². The Hall–Kier alpha value is -2.58. The molecular weight excluding hydrogens is 465 g/mol. The van der Waals surface area contributed by atoms with Crippen molar-refractivity contribution in [2.75, 3.05) is 46.1 Å². The Morgan fingerprint density at radius 3 is 2.61 bits per heavy atom. The summed E-state index contributed by atoms with van der Waals surface area (Å²) in [7, 11) is 0. The van der Waals surface area contributed by atoms with E-state index < -0.39 is 5.97 Å². The van der Waals surface area contributed by atoms with Gasteiger partial charge in [0.15, 0.2) is 0 Å². The minimum absolute atomic E-state index is 0.270. The van der Waals surface area contributed by atoms with Gasteiger partial charge >= 0.3 is 5.97 Å². The molecule has 1 saturated heterocycles. The van der Waals surface area contributed by atoms with Crippen molar-refractivity contribution in [2.45, 2.75) is 6.92 Å². The quantitative estimate of drug-likeness (QED) is 0.426. The van der Waals surface area contributed by atoms with Crippen molar-refractivity contribution >= 4 is 29.2 Å². The summed E-state index contributed by atoms with van der Waals surface area (Å²) in [6, 6.07) is 13.2. The lowest BCUT2D eigenvalue weighted by Gasteiger charge is -2.26. The molecule has 0 saturated carbocycles. The summed E-state index contributed by atoms with van der Waals surface area (Å²) < 4.78 is 18.2. The smallest absolute Gasteiger partial charge is 0.345 e. The number of aromatic nitrogens is 2. The van der Waals surface area contributed by atoms with Crippen molar-refractivity contribution in [3.05, 3.63) is 64.3 Å². The summed E-state index contributed by atoms with van der Waals surface area (Å²) in [5.74, 6) is -0.109. The maximum absolute atomic E-state index is 12.5. The first-order chi connectivity index (χ1) is 16.1. The van der Waals surface area contributed by atoms with Crippen LogP contribution < -0.4 is 4.74 Å². The largest absolute Gasteiger partial charge is 0.476 e. The van der Waals surface area contributed by atoms with E-state index in [1.54, 1.807) is 17.7 Å². The zero-order valence-electron chi connectivity index (χ0n) is 18.3. The number of carbonyl (C=O) groups is 1. The maximum Gasteiger partial charge on any atom is 0.345 e. The molecule has 2 aromatic carbocycles. The first-order valence-electron chi connectivity index (χ1n) is 10.8. The van der Waals surface area contributed by atoms with Crippen LogP contribution >= 0.6 is 23.2 Å². The molecule has 0 bridgehead atoms. The van der Waals surface area contributed by atoms with Crippen LogP contribution in [0.15, 0.2) is 48.7 Å². The van der Waals surface area contributed by atoms with E-state index in [-0.39, 0.29) is 6.61 Å². The van der Waals surface area contributed by atoms with Crippen molar-refractivity contribution in [1.82, 2.24) is 14.7 Å². The molecule has 33 heavy (non-hydrogen) atoms. The summed E-state index contributed by atoms with van der Waals surface area (Å²) in [6.45, 7) is 6.33. The van der Waals surface area contributed by atoms with Crippen molar-refractivity contribution in [1.29, 1.82) is 0 Å². The lowest BCUT2D eigenvalue weighted by molar-refractivity contribution is 0.0316. The van der Waals surface area contributed by atoms with Crippen LogP contribution in [0.3, 0.4) is 0 Å². The first kappa shape index (κ1) is 23.6. The molecular formula is C24H25Cl2N3O4. The van der Waals surface area contributed by atoms with Gasteiger partial charge in [-0.2, -0.15) is 5.10 Å². The van der Waals surface area contributed by atoms with E-state index in [0.29, 0.717) is 28.1 Å². The van der Waals surface area contributed by atoms with Gasteiger partial charge in [-0.05, 0) is 30.7 Å². The SMILES string of the molecule is CCOC(=O)c1cnn(-c2ccc(-c3cccc(Cl)c3Cl)cc2)c1OCCN1CCOCC1. The maximum atomic E-state index is 12.5. The van der Waals surface area contributed by atoms with Crippen LogP contribution in [0.1, 0.15) is 17.3 Å². The standard InChI is InChI=1S/C24H25Cl2N3O4/c1-2-32-24(30)20-16-27-29(23(20)33-15-12-28-10-13-31-14-11-28)18-8-6-17(7-9-18)19-4-3-5-21(25)22(19)26/h3-9,16H,2,10-15H2,1H3. The number of carbonyl (C=O) groups excluding carboxylic acids is 1. The Kier molecular flexibility index (Phi) is 7.88. The van der Waals surface area contributed by atoms with Crippen LogP contribution in [-0.2, 0) is 9.47 Å². The summed E-state index contributed by atoms with van der Waals surface area (Å²) in [4.78, 5) is 14.7. The number of rotatable bonds is 8. The normalized spacial score (nSPS) is 14.3. The van der Waals surface area contributed by atoms with E-state index >= 15 is 0 Å². The molecule has 3 aromatic rings. The molecule has 0 aliphatic carbocycles. The average molecular weight is 490 g/mol. The lowest BCUT2D eigenvalue weighted by atomic mass is 10.1. The Balaban J connectivity index is 1.58. The van der Waals surface area contributed by atoms with Gasteiger partial charge in [0.05, 0.1) is 41.8 Å². The molecule has 0 spiro atoms. The number of benzene rings is 2. The van der Waals surface area contributed by atoms with Crippen LogP contribution in [0.25, 0.3) is 16.8 Å². The number of morpholine rings is 1. The zero-order chi connectivity index (χ0) is 23.2. The molecule has 2 heterocycles.